The van der Waals surface area contributed by atoms with Crippen molar-refractivity contribution in [1.29, 1.82) is 0 Å². The Balaban J connectivity index is 1.85. The molecular formula is C19H13F3O3S. The van der Waals surface area contributed by atoms with E-state index in [2.05, 4.69) is 0 Å². The number of carbonyl (C=O) groups is 2. The van der Waals surface area contributed by atoms with Crippen molar-refractivity contribution in [2.75, 3.05) is 0 Å². The maximum absolute atomic E-state index is 12.7. The number of thiocarbonyl (C=S) groups is 1. The summed E-state index contributed by atoms with van der Waals surface area (Å²) in [7, 11) is 0. The lowest BCUT2D eigenvalue weighted by Gasteiger charge is -2.20. The maximum Gasteiger partial charge on any atom is 0.413 e. The second kappa shape index (κ2) is 6.64. The number of aliphatic hydroxyl groups is 1. The van der Waals surface area contributed by atoms with Crippen LogP contribution in [0.15, 0.2) is 53.1 Å². The zero-order chi connectivity index (χ0) is 19.1. The van der Waals surface area contributed by atoms with Gasteiger partial charge in [0.15, 0.2) is 0 Å². The highest BCUT2D eigenvalue weighted by Crippen LogP contribution is 2.35. The van der Waals surface area contributed by atoms with Crippen molar-refractivity contribution in [1.82, 2.24) is 0 Å². The average Bonchev–Trinajstić information content (AvgIpc) is 2.60. The monoisotopic (exact) mass is 378 g/mol. The Bertz CT molecular complexity index is 920. The number of fused-ring (bicyclic) bond motifs is 1. The molecule has 0 spiro atoms. The fraction of sp³-hybridized carbons (Fsp3) is 0.211. The molecule has 7 heteroatoms. The fourth-order valence-corrected chi connectivity index (χ4v) is 3.29. The molecule has 134 valence electrons. The normalized spacial score (nSPS) is 17.9. The van der Waals surface area contributed by atoms with Gasteiger partial charge in [-0.1, -0.05) is 48.6 Å². The van der Waals surface area contributed by atoms with Crippen LogP contribution in [0.25, 0.3) is 5.76 Å². The first-order valence-electron chi connectivity index (χ1n) is 7.81. The van der Waals surface area contributed by atoms with Crippen LogP contribution in [0.1, 0.15) is 35.2 Å². The molecule has 0 saturated heterocycles. The molecule has 0 radical (unpaired) electrons. The zero-order valence-electron chi connectivity index (χ0n) is 13.4. The van der Waals surface area contributed by atoms with E-state index in [1.54, 1.807) is 12.1 Å². The second-order valence-corrected chi connectivity index (χ2v) is 6.51. The highest BCUT2D eigenvalue weighted by molar-refractivity contribution is 7.80. The first-order valence-corrected chi connectivity index (χ1v) is 8.21. The lowest BCUT2D eigenvalue weighted by Crippen LogP contribution is -2.24. The van der Waals surface area contributed by atoms with E-state index >= 15 is 0 Å². The topological polar surface area (TPSA) is 54.4 Å². The van der Waals surface area contributed by atoms with Crippen LogP contribution in [0, 0.1) is 0 Å². The van der Waals surface area contributed by atoms with Crippen molar-refractivity contribution in [3.05, 3.63) is 64.3 Å². The highest BCUT2D eigenvalue weighted by atomic mass is 32.1. The minimum atomic E-state index is -4.43. The zero-order valence-corrected chi connectivity index (χ0v) is 14.2. The Kier molecular flexibility index (Phi) is 4.66. The van der Waals surface area contributed by atoms with Gasteiger partial charge >= 0.3 is 6.18 Å². The molecule has 1 aromatic carbocycles. The number of alkyl halides is 3. The van der Waals surface area contributed by atoms with Crippen LogP contribution in [0.3, 0.4) is 0 Å². The molecule has 0 bridgehead atoms. The number of hydrogen-bond acceptors (Lipinski definition) is 4. The number of carbonyl (C=O) groups excluding carboxylic acids is 2. The molecule has 0 saturated carbocycles. The summed E-state index contributed by atoms with van der Waals surface area (Å²) >= 11 is 5.05. The number of allylic oxidation sites excluding steroid dienone is 5. The minimum absolute atomic E-state index is 0.0197. The third kappa shape index (κ3) is 3.26. The first-order chi connectivity index (χ1) is 12.2. The Hall–Kier alpha value is -2.54. The molecular weight excluding hydrogens is 365 g/mol. The number of Topliss-reactive ketones (excluding diaryl/α,β-unsaturated/α-hetero) is 2. The molecule has 0 aliphatic heterocycles. The molecule has 0 heterocycles. The molecule has 0 amide bonds. The van der Waals surface area contributed by atoms with Crippen molar-refractivity contribution in [2.24, 2.45) is 0 Å². The standard InChI is InChI=1S/C19H13F3O3S/c20-19(21,22)11-7-5-10(15(26)9-11)6-8-14-16(23)12-3-1-2-4-13(12)17(24)18(14)25/h1-5,7,23H,6,8-9H2. The van der Waals surface area contributed by atoms with E-state index < -0.39 is 23.3 Å². The van der Waals surface area contributed by atoms with E-state index in [1.165, 1.54) is 18.2 Å². The summed E-state index contributed by atoms with van der Waals surface area (Å²) < 4.78 is 38.2. The molecule has 0 fully saturated rings. The molecule has 2 aliphatic carbocycles. The predicted octanol–water partition coefficient (Wildman–Crippen LogP) is 4.69. The predicted molar refractivity (Wildman–Crippen MR) is 94.0 cm³/mol. The van der Waals surface area contributed by atoms with E-state index in [0.717, 1.165) is 6.08 Å². The number of halogens is 3. The molecule has 3 nitrogen and oxygen atoms in total. The van der Waals surface area contributed by atoms with Gasteiger partial charge in [0, 0.05) is 33.6 Å². The number of benzene rings is 1. The van der Waals surface area contributed by atoms with Crippen LogP contribution in [-0.4, -0.2) is 27.7 Å². The first kappa shape index (κ1) is 18.3. The van der Waals surface area contributed by atoms with Gasteiger partial charge in [0.1, 0.15) is 5.76 Å². The van der Waals surface area contributed by atoms with E-state index in [4.69, 9.17) is 12.2 Å². The van der Waals surface area contributed by atoms with Gasteiger partial charge in [-0.2, -0.15) is 13.2 Å². The van der Waals surface area contributed by atoms with Crippen LogP contribution in [0.5, 0.6) is 0 Å². The van der Waals surface area contributed by atoms with Gasteiger partial charge in [-0.3, -0.25) is 9.59 Å². The van der Waals surface area contributed by atoms with Crippen LogP contribution in [-0.2, 0) is 4.79 Å². The molecule has 0 atom stereocenters. The summed E-state index contributed by atoms with van der Waals surface area (Å²) in [6, 6.07) is 6.23. The lowest BCUT2D eigenvalue weighted by molar-refractivity contribution is -0.112. The van der Waals surface area contributed by atoms with Gasteiger partial charge in [0.05, 0.1) is 0 Å². The van der Waals surface area contributed by atoms with Crippen molar-refractivity contribution in [3.63, 3.8) is 0 Å². The third-order valence-electron chi connectivity index (χ3n) is 4.40. The largest absolute Gasteiger partial charge is 0.507 e. The maximum atomic E-state index is 12.7. The fourth-order valence-electron chi connectivity index (χ4n) is 2.97. The smallest absolute Gasteiger partial charge is 0.413 e. The Morgan fingerprint density at radius 2 is 1.65 bits per heavy atom. The van der Waals surface area contributed by atoms with Crippen LogP contribution in [0.4, 0.5) is 13.2 Å². The van der Waals surface area contributed by atoms with Gasteiger partial charge < -0.3 is 5.11 Å². The quantitative estimate of drug-likeness (QED) is 0.612. The molecule has 3 rings (SSSR count). The average molecular weight is 378 g/mol. The summed E-state index contributed by atoms with van der Waals surface area (Å²) in [6.45, 7) is 0. The molecule has 26 heavy (non-hydrogen) atoms. The number of hydrogen-bond donors (Lipinski definition) is 1. The van der Waals surface area contributed by atoms with E-state index in [9.17, 15) is 27.9 Å². The minimum Gasteiger partial charge on any atom is -0.507 e. The Labute approximate surface area is 152 Å². The third-order valence-corrected chi connectivity index (χ3v) is 4.80. The number of aliphatic hydroxyl groups excluding tert-OH is 1. The van der Waals surface area contributed by atoms with Gasteiger partial charge in [-0.05, 0) is 18.4 Å². The van der Waals surface area contributed by atoms with Crippen LogP contribution in [0.2, 0.25) is 0 Å². The molecule has 1 aromatic rings. The van der Waals surface area contributed by atoms with E-state index in [0.29, 0.717) is 5.57 Å². The summed E-state index contributed by atoms with van der Waals surface area (Å²) in [5, 5.41) is 10.3. The van der Waals surface area contributed by atoms with Crippen molar-refractivity contribution < 1.29 is 27.9 Å². The van der Waals surface area contributed by atoms with Crippen molar-refractivity contribution in [3.8, 4) is 0 Å². The Morgan fingerprint density at radius 1 is 1.00 bits per heavy atom. The van der Waals surface area contributed by atoms with Crippen LogP contribution < -0.4 is 0 Å². The van der Waals surface area contributed by atoms with Crippen LogP contribution >= 0.6 is 12.2 Å². The second-order valence-electron chi connectivity index (χ2n) is 6.01. The molecule has 1 N–H and O–H groups in total. The van der Waals surface area contributed by atoms with Gasteiger partial charge in [0.2, 0.25) is 11.6 Å². The summed E-state index contributed by atoms with van der Waals surface area (Å²) in [5.41, 5.74) is 0.164. The summed E-state index contributed by atoms with van der Waals surface area (Å²) in [5.74, 6) is -1.76. The van der Waals surface area contributed by atoms with E-state index in [1.807, 2.05) is 0 Å². The summed E-state index contributed by atoms with van der Waals surface area (Å²) in [6.07, 6.45) is -2.36. The number of ketones is 2. The molecule has 2 aliphatic rings. The van der Waals surface area contributed by atoms with Crippen molar-refractivity contribution >= 4 is 34.4 Å². The van der Waals surface area contributed by atoms with Gasteiger partial charge in [-0.25, -0.2) is 0 Å². The Morgan fingerprint density at radius 3 is 2.27 bits per heavy atom. The van der Waals surface area contributed by atoms with Gasteiger partial charge in [-0.15, -0.1) is 0 Å². The van der Waals surface area contributed by atoms with Gasteiger partial charge in [0.25, 0.3) is 0 Å². The van der Waals surface area contributed by atoms with E-state index in [-0.39, 0.29) is 46.6 Å². The molecule has 0 aromatic heterocycles. The van der Waals surface area contributed by atoms with Crippen molar-refractivity contribution in [2.45, 2.75) is 25.4 Å². The molecule has 0 unspecified atom stereocenters. The lowest BCUT2D eigenvalue weighted by atomic mass is 9.85. The summed E-state index contributed by atoms with van der Waals surface area (Å²) in [4.78, 5) is 24.6. The SMILES string of the molecule is O=C1C(=O)c2ccccc2C(O)=C1CCC1=CC=C(C(F)(F)F)CC1=S. The highest BCUT2D eigenvalue weighted by Gasteiger charge is 2.36. The number of rotatable bonds is 3.